The van der Waals surface area contributed by atoms with Gasteiger partial charge >= 0.3 is 0 Å². The highest BCUT2D eigenvalue weighted by atomic mass is 16.2. The Balaban J connectivity index is 1.79. The smallest absolute Gasteiger partial charge is 0.249 e. The van der Waals surface area contributed by atoms with Crippen LogP contribution < -0.4 is 10.2 Å². The van der Waals surface area contributed by atoms with Crippen LogP contribution in [-0.2, 0) is 9.59 Å². The van der Waals surface area contributed by atoms with Gasteiger partial charge in [0, 0.05) is 13.1 Å². The molecule has 1 atom stereocenters. The van der Waals surface area contributed by atoms with Gasteiger partial charge in [-0.1, -0.05) is 13.0 Å². The van der Waals surface area contributed by atoms with Gasteiger partial charge in [-0.15, -0.1) is 0 Å². The van der Waals surface area contributed by atoms with E-state index in [4.69, 9.17) is 0 Å². The number of carbonyl (C=O) groups is 2. The quantitative estimate of drug-likeness (QED) is 0.912. The topological polar surface area (TPSA) is 52.7 Å². The summed E-state index contributed by atoms with van der Waals surface area (Å²) < 4.78 is 0. The zero-order valence-corrected chi connectivity index (χ0v) is 14.1. The molecule has 0 spiro atoms. The summed E-state index contributed by atoms with van der Waals surface area (Å²) in [6.07, 6.45) is 2.10. The molecule has 2 aliphatic rings. The summed E-state index contributed by atoms with van der Waals surface area (Å²) in [4.78, 5) is 28.7. The van der Waals surface area contributed by atoms with Gasteiger partial charge in [0.05, 0.1) is 11.4 Å². The number of anilines is 2. The van der Waals surface area contributed by atoms with Gasteiger partial charge in [-0.3, -0.25) is 14.5 Å². The van der Waals surface area contributed by atoms with Crippen LogP contribution in [0.15, 0.2) is 18.2 Å². The lowest BCUT2D eigenvalue weighted by molar-refractivity contribution is -0.132. The summed E-state index contributed by atoms with van der Waals surface area (Å²) in [6, 6.07) is 5.62. The Labute approximate surface area is 137 Å². The summed E-state index contributed by atoms with van der Waals surface area (Å²) in [5, 5.41) is 3.22. The van der Waals surface area contributed by atoms with Crippen molar-refractivity contribution >= 4 is 23.2 Å². The first-order valence-corrected chi connectivity index (χ1v) is 8.42. The Morgan fingerprint density at radius 2 is 1.96 bits per heavy atom. The highest BCUT2D eigenvalue weighted by Crippen LogP contribution is 2.32. The minimum atomic E-state index is -0.307. The Hall–Kier alpha value is -2.04. The van der Waals surface area contributed by atoms with Crippen LogP contribution in [0.3, 0.4) is 0 Å². The van der Waals surface area contributed by atoms with E-state index in [2.05, 4.69) is 12.2 Å². The average Bonchev–Trinajstić information content (AvgIpc) is 2.52. The second-order valence-corrected chi connectivity index (χ2v) is 6.87. The van der Waals surface area contributed by atoms with Crippen LogP contribution in [0.5, 0.6) is 0 Å². The van der Waals surface area contributed by atoms with Gasteiger partial charge in [0.25, 0.3) is 0 Å². The van der Waals surface area contributed by atoms with Crippen molar-refractivity contribution in [2.75, 3.05) is 29.9 Å². The maximum Gasteiger partial charge on any atom is 0.249 e. The predicted molar refractivity (Wildman–Crippen MR) is 91.6 cm³/mol. The molecule has 0 aliphatic carbocycles. The molecular weight excluding hydrogens is 290 g/mol. The number of likely N-dealkylation sites (tertiary alicyclic amines) is 1. The molecule has 23 heavy (non-hydrogen) atoms. The second-order valence-electron chi connectivity index (χ2n) is 6.87. The van der Waals surface area contributed by atoms with Crippen molar-refractivity contribution < 1.29 is 9.59 Å². The normalized spacial score (nSPS) is 21.9. The fourth-order valence-electron chi connectivity index (χ4n) is 3.30. The first kappa shape index (κ1) is 15.8. The molecule has 1 saturated heterocycles. The lowest BCUT2D eigenvalue weighted by Gasteiger charge is -2.36. The lowest BCUT2D eigenvalue weighted by Crippen LogP contribution is -2.51. The Morgan fingerprint density at radius 1 is 1.26 bits per heavy atom. The van der Waals surface area contributed by atoms with Crippen molar-refractivity contribution in [2.24, 2.45) is 5.92 Å². The number of amides is 2. The molecule has 1 N–H and O–H groups in total. The highest BCUT2D eigenvalue weighted by Gasteiger charge is 2.32. The largest absolute Gasteiger partial charge is 0.372 e. The molecule has 0 saturated carbocycles. The van der Waals surface area contributed by atoms with Crippen LogP contribution in [0.2, 0.25) is 0 Å². The summed E-state index contributed by atoms with van der Waals surface area (Å²) in [5.74, 6) is 0.689. The van der Waals surface area contributed by atoms with Crippen LogP contribution in [0.1, 0.15) is 32.3 Å². The van der Waals surface area contributed by atoms with Crippen molar-refractivity contribution in [2.45, 2.75) is 39.7 Å². The van der Waals surface area contributed by atoms with Crippen LogP contribution >= 0.6 is 0 Å². The standard InChI is InChI=1S/C18H25N3O2/c1-12-6-8-20(9-7-12)17(22)11-21-16-5-4-13(2)10-15(16)19-14(3)18(21)23/h4-5,10,12,14,19H,6-9,11H2,1-3H3. The van der Waals surface area contributed by atoms with Crippen LogP contribution in [0, 0.1) is 12.8 Å². The van der Waals surface area contributed by atoms with E-state index < -0.39 is 0 Å². The molecule has 1 aromatic rings. The third kappa shape index (κ3) is 3.19. The van der Waals surface area contributed by atoms with E-state index >= 15 is 0 Å². The number of hydrogen-bond acceptors (Lipinski definition) is 3. The maximum atomic E-state index is 12.6. The fraction of sp³-hybridized carbons (Fsp3) is 0.556. The van der Waals surface area contributed by atoms with Crippen molar-refractivity contribution in [3.05, 3.63) is 23.8 Å². The van der Waals surface area contributed by atoms with Crippen molar-refractivity contribution in [1.82, 2.24) is 4.90 Å². The molecule has 2 amide bonds. The minimum Gasteiger partial charge on any atom is -0.372 e. The SMILES string of the molecule is Cc1ccc2c(c1)NC(C)C(=O)N2CC(=O)N1CCC(C)CC1. The van der Waals surface area contributed by atoms with Gasteiger partial charge in [0.2, 0.25) is 11.8 Å². The van der Waals surface area contributed by atoms with E-state index in [1.165, 1.54) is 0 Å². The number of rotatable bonds is 2. The molecule has 1 aromatic carbocycles. The minimum absolute atomic E-state index is 0.0416. The highest BCUT2D eigenvalue weighted by molar-refractivity contribution is 6.07. The van der Waals surface area contributed by atoms with Gasteiger partial charge in [0.15, 0.2) is 0 Å². The lowest BCUT2D eigenvalue weighted by atomic mass is 9.99. The van der Waals surface area contributed by atoms with E-state index in [-0.39, 0.29) is 24.4 Å². The van der Waals surface area contributed by atoms with Crippen molar-refractivity contribution in [1.29, 1.82) is 0 Å². The van der Waals surface area contributed by atoms with E-state index in [1.54, 1.807) is 4.90 Å². The number of hydrogen-bond donors (Lipinski definition) is 1. The molecule has 2 heterocycles. The Morgan fingerprint density at radius 3 is 2.65 bits per heavy atom. The molecule has 0 aromatic heterocycles. The summed E-state index contributed by atoms with van der Waals surface area (Å²) in [6.45, 7) is 7.82. The zero-order valence-electron chi connectivity index (χ0n) is 14.1. The predicted octanol–water partition coefficient (Wildman–Crippen LogP) is 2.40. The summed E-state index contributed by atoms with van der Waals surface area (Å²) in [5.41, 5.74) is 2.86. The summed E-state index contributed by atoms with van der Waals surface area (Å²) in [7, 11) is 0. The van der Waals surface area contributed by atoms with Crippen molar-refractivity contribution in [3.63, 3.8) is 0 Å². The van der Waals surface area contributed by atoms with Crippen LogP contribution in [0.25, 0.3) is 0 Å². The molecule has 2 aliphatic heterocycles. The molecule has 5 heteroatoms. The van der Waals surface area contributed by atoms with Gasteiger partial charge < -0.3 is 10.2 Å². The molecule has 3 rings (SSSR count). The maximum absolute atomic E-state index is 12.6. The molecule has 5 nitrogen and oxygen atoms in total. The molecule has 1 unspecified atom stereocenters. The number of piperidine rings is 1. The zero-order chi connectivity index (χ0) is 16.6. The first-order valence-electron chi connectivity index (χ1n) is 8.42. The third-order valence-electron chi connectivity index (χ3n) is 4.88. The van der Waals surface area contributed by atoms with Crippen LogP contribution in [0.4, 0.5) is 11.4 Å². The van der Waals surface area contributed by atoms with Gasteiger partial charge in [-0.05, 0) is 50.3 Å². The number of benzene rings is 1. The molecule has 0 bridgehead atoms. The van der Waals surface area contributed by atoms with E-state index in [9.17, 15) is 9.59 Å². The van der Waals surface area contributed by atoms with Crippen molar-refractivity contribution in [3.8, 4) is 0 Å². The number of carbonyl (C=O) groups excluding carboxylic acids is 2. The number of fused-ring (bicyclic) bond motifs is 1. The van der Waals surface area contributed by atoms with Gasteiger partial charge in [-0.2, -0.15) is 0 Å². The first-order chi connectivity index (χ1) is 11.0. The number of nitrogens with one attached hydrogen (secondary N) is 1. The number of nitrogens with zero attached hydrogens (tertiary/aromatic N) is 2. The summed E-state index contributed by atoms with van der Waals surface area (Å²) >= 11 is 0. The molecule has 1 fully saturated rings. The van der Waals surface area contributed by atoms with E-state index in [0.717, 1.165) is 42.9 Å². The van der Waals surface area contributed by atoms with Crippen LogP contribution in [-0.4, -0.2) is 42.4 Å². The fourth-order valence-corrected chi connectivity index (χ4v) is 3.30. The second kappa shape index (κ2) is 6.22. The van der Waals surface area contributed by atoms with Gasteiger partial charge in [0.1, 0.15) is 12.6 Å². The molecular formula is C18H25N3O2. The third-order valence-corrected chi connectivity index (χ3v) is 4.88. The average molecular weight is 315 g/mol. The van der Waals surface area contributed by atoms with Gasteiger partial charge in [-0.25, -0.2) is 0 Å². The molecule has 124 valence electrons. The number of aryl methyl sites for hydroxylation is 1. The Bertz CT molecular complexity index is 621. The Kier molecular flexibility index (Phi) is 4.28. The monoisotopic (exact) mass is 315 g/mol. The molecule has 0 radical (unpaired) electrons. The van der Waals surface area contributed by atoms with E-state index in [1.807, 2.05) is 36.9 Å². The van der Waals surface area contributed by atoms with E-state index in [0.29, 0.717) is 5.92 Å².